The molecule has 10 heteroatoms. The van der Waals surface area contributed by atoms with Crippen LogP contribution in [-0.4, -0.2) is 88.3 Å². The Morgan fingerprint density at radius 2 is 1.59 bits per heavy atom. The Labute approximate surface area is 215 Å². The van der Waals surface area contributed by atoms with Crippen LogP contribution in [0.1, 0.15) is 36.8 Å². The minimum Gasteiger partial charge on any atom is -0.507 e. The molecule has 1 unspecified atom stereocenters. The van der Waals surface area contributed by atoms with Crippen LogP contribution in [0, 0.1) is 0 Å². The van der Waals surface area contributed by atoms with E-state index in [1.807, 2.05) is 18.2 Å². The van der Waals surface area contributed by atoms with Crippen LogP contribution in [0.2, 0.25) is 0 Å². The van der Waals surface area contributed by atoms with Gasteiger partial charge in [0, 0.05) is 11.1 Å². The maximum absolute atomic E-state index is 10.8. The molecule has 2 aliphatic rings. The maximum atomic E-state index is 10.8. The molecule has 6 atom stereocenters. The summed E-state index contributed by atoms with van der Waals surface area (Å²) in [4.78, 5) is 0. The van der Waals surface area contributed by atoms with E-state index in [9.17, 15) is 30.6 Å². The summed E-state index contributed by atoms with van der Waals surface area (Å²) in [7, 11) is 2.90. The summed E-state index contributed by atoms with van der Waals surface area (Å²) in [5.41, 5.74) is 2.73. The smallest absolute Gasteiger partial charge is 0.229 e. The molecule has 204 valence electrons. The van der Waals surface area contributed by atoms with Crippen molar-refractivity contribution in [2.45, 2.75) is 75.3 Å². The Hall–Kier alpha value is -2.60. The zero-order valence-electron chi connectivity index (χ0n) is 21.0. The Bertz CT molecular complexity index is 1070. The Morgan fingerprint density at radius 1 is 0.838 bits per heavy atom. The van der Waals surface area contributed by atoms with Crippen molar-refractivity contribution in [2.24, 2.45) is 0 Å². The predicted octanol–water partition coefficient (Wildman–Crippen LogP) is 1.27. The molecule has 0 aromatic heterocycles. The van der Waals surface area contributed by atoms with Gasteiger partial charge in [-0.25, -0.2) is 0 Å². The Morgan fingerprint density at radius 3 is 2.30 bits per heavy atom. The van der Waals surface area contributed by atoms with Gasteiger partial charge in [0.05, 0.1) is 26.9 Å². The van der Waals surface area contributed by atoms with Gasteiger partial charge >= 0.3 is 0 Å². The predicted molar refractivity (Wildman–Crippen MR) is 133 cm³/mol. The quantitative estimate of drug-likeness (QED) is 0.339. The molecule has 1 saturated heterocycles. The van der Waals surface area contributed by atoms with Crippen LogP contribution in [0.25, 0.3) is 11.1 Å². The second-order valence-corrected chi connectivity index (χ2v) is 9.58. The second kappa shape index (κ2) is 11.8. The van der Waals surface area contributed by atoms with E-state index in [0.717, 1.165) is 12.0 Å². The summed E-state index contributed by atoms with van der Waals surface area (Å²) in [5.74, 6) is 0.742. The average molecular weight is 521 g/mol. The molecular weight excluding hydrogens is 484 g/mol. The molecule has 1 heterocycles. The van der Waals surface area contributed by atoms with Crippen LogP contribution in [0.15, 0.2) is 24.3 Å². The molecule has 2 aromatic rings. The topological polar surface area (TPSA) is 158 Å². The normalized spacial score (nSPS) is 28.4. The highest BCUT2D eigenvalue weighted by Crippen LogP contribution is 2.50. The minimum atomic E-state index is -1.61. The molecule has 1 aliphatic carbocycles. The fourth-order valence-electron chi connectivity index (χ4n) is 4.99. The lowest BCUT2D eigenvalue weighted by atomic mass is 9.95. The van der Waals surface area contributed by atoms with Gasteiger partial charge in [0.25, 0.3) is 0 Å². The number of phenolic OH excluding ortho intramolecular Hbond substituents is 1. The molecule has 4 bridgehead atoms. The fraction of sp³-hybridized carbons (Fsp3) is 0.556. The highest BCUT2D eigenvalue weighted by molar-refractivity contribution is 5.81. The summed E-state index contributed by atoms with van der Waals surface area (Å²) in [6, 6.07) is 7.13. The number of hydrogen-bond donors (Lipinski definition) is 6. The first-order chi connectivity index (χ1) is 17.8. The molecule has 6 N–H and O–H groups in total. The highest BCUT2D eigenvalue weighted by Gasteiger charge is 2.45. The van der Waals surface area contributed by atoms with Gasteiger partial charge in [0.1, 0.15) is 30.2 Å². The summed E-state index contributed by atoms with van der Waals surface area (Å²) in [5, 5.41) is 61.7. The second-order valence-electron chi connectivity index (χ2n) is 9.58. The number of aromatic hydroxyl groups is 1. The minimum absolute atomic E-state index is 0.0491. The van der Waals surface area contributed by atoms with Crippen molar-refractivity contribution in [3.63, 3.8) is 0 Å². The Balaban J connectivity index is 1.84. The number of hydrogen-bond acceptors (Lipinski definition) is 10. The zero-order chi connectivity index (χ0) is 26.7. The molecule has 2 aromatic carbocycles. The molecule has 0 spiro atoms. The molecule has 0 radical (unpaired) electrons. The molecule has 4 rings (SSSR count). The lowest BCUT2D eigenvalue weighted by Gasteiger charge is -2.40. The summed E-state index contributed by atoms with van der Waals surface area (Å²) >= 11 is 0. The first kappa shape index (κ1) is 27.4. The number of rotatable bonds is 5. The van der Waals surface area contributed by atoms with Crippen molar-refractivity contribution in [3.8, 4) is 34.1 Å². The zero-order valence-corrected chi connectivity index (χ0v) is 21.0. The summed E-state index contributed by atoms with van der Waals surface area (Å²) in [6.45, 7) is -0.588. The van der Waals surface area contributed by atoms with Gasteiger partial charge in [-0.15, -0.1) is 0 Å². The monoisotopic (exact) mass is 520 g/mol. The van der Waals surface area contributed by atoms with E-state index < -0.39 is 43.4 Å². The number of methoxy groups -OCH3 is 2. The van der Waals surface area contributed by atoms with Crippen LogP contribution in [-0.2, 0) is 17.6 Å². The first-order valence-corrected chi connectivity index (χ1v) is 12.5. The van der Waals surface area contributed by atoms with Crippen molar-refractivity contribution < 1.29 is 49.6 Å². The molecule has 10 nitrogen and oxygen atoms in total. The van der Waals surface area contributed by atoms with Crippen molar-refractivity contribution in [1.82, 2.24) is 0 Å². The third-order valence-electron chi connectivity index (χ3n) is 7.11. The van der Waals surface area contributed by atoms with Gasteiger partial charge in [0.15, 0.2) is 11.5 Å². The van der Waals surface area contributed by atoms with Gasteiger partial charge in [-0.1, -0.05) is 12.5 Å². The van der Waals surface area contributed by atoms with Crippen LogP contribution in [0.3, 0.4) is 0 Å². The van der Waals surface area contributed by atoms with E-state index in [1.54, 1.807) is 6.07 Å². The van der Waals surface area contributed by atoms with Crippen LogP contribution >= 0.6 is 0 Å². The molecule has 0 saturated carbocycles. The van der Waals surface area contributed by atoms with E-state index in [0.29, 0.717) is 48.8 Å². The maximum Gasteiger partial charge on any atom is 0.229 e. The average Bonchev–Trinajstić information content (AvgIpc) is 2.91. The van der Waals surface area contributed by atoms with E-state index in [2.05, 4.69) is 0 Å². The van der Waals surface area contributed by atoms with Gasteiger partial charge in [-0.2, -0.15) is 0 Å². The van der Waals surface area contributed by atoms with E-state index in [4.69, 9.17) is 18.9 Å². The van der Waals surface area contributed by atoms with Crippen LogP contribution in [0.4, 0.5) is 0 Å². The third kappa shape index (κ3) is 5.64. The number of aliphatic hydroxyl groups excluding tert-OH is 5. The number of aliphatic hydroxyl groups is 5. The van der Waals surface area contributed by atoms with Crippen molar-refractivity contribution in [1.29, 1.82) is 0 Å². The number of fused-ring (bicyclic) bond motifs is 5. The van der Waals surface area contributed by atoms with Crippen molar-refractivity contribution >= 4 is 0 Å². The number of aryl methyl sites for hydroxylation is 2. The third-order valence-corrected chi connectivity index (χ3v) is 7.11. The van der Waals surface area contributed by atoms with Gasteiger partial charge in [-0.3, -0.25) is 0 Å². The molecule has 1 fully saturated rings. The van der Waals surface area contributed by atoms with E-state index in [-0.39, 0.29) is 23.0 Å². The van der Waals surface area contributed by atoms with Gasteiger partial charge < -0.3 is 49.6 Å². The number of benzene rings is 2. The Kier molecular flexibility index (Phi) is 8.79. The molecule has 1 aliphatic heterocycles. The van der Waals surface area contributed by atoms with Crippen LogP contribution in [0.5, 0.6) is 23.0 Å². The fourth-order valence-corrected chi connectivity index (χ4v) is 4.99. The number of phenols is 1. The van der Waals surface area contributed by atoms with E-state index >= 15 is 0 Å². The summed E-state index contributed by atoms with van der Waals surface area (Å²) < 4.78 is 23.1. The first-order valence-electron chi connectivity index (χ1n) is 12.5. The van der Waals surface area contributed by atoms with E-state index in [1.165, 1.54) is 14.2 Å². The molecule has 37 heavy (non-hydrogen) atoms. The SMILES string of the molecule is COc1c2cc(c(O[C@@H]3O[C@H](CO)[C@@H](O)[C@H](O)[C@H]3O)c1OC)CCCCC(O)CCc1ccc(O)c-2c1. The highest BCUT2D eigenvalue weighted by atomic mass is 16.7. The van der Waals surface area contributed by atoms with Crippen LogP contribution < -0.4 is 14.2 Å². The van der Waals surface area contributed by atoms with Gasteiger partial charge in [-0.05, 0) is 61.4 Å². The number of ether oxygens (including phenoxy) is 4. The largest absolute Gasteiger partial charge is 0.507 e. The van der Waals surface area contributed by atoms with Crippen molar-refractivity contribution in [3.05, 3.63) is 35.4 Å². The standard InChI is InChI=1S/C27H36O10/c1-34-25-18-12-15(5-3-4-6-16(29)9-7-14-8-10-19(30)17(18)11-14)24(26(25)35-2)37-27-23(33)22(32)21(31)20(13-28)36-27/h8,10-12,16,20-23,27-33H,3-7,9,13H2,1-2H3/t16?,20-,21-,22+,23-,27+/m1/s1. The molecule has 0 amide bonds. The summed E-state index contributed by atoms with van der Waals surface area (Å²) in [6.07, 6.45) is -3.87. The molecular formula is C27H36O10. The van der Waals surface area contributed by atoms with Gasteiger partial charge in [0.2, 0.25) is 12.0 Å². The van der Waals surface area contributed by atoms with Crippen molar-refractivity contribution in [2.75, 3.05) is 20.8 Å². The lowest BCUT2D eigenvalue weighted by Crippen LogP contribution is -2.60. The lowest BCUT2D eigenvalue weighted by molar-refractivity contribution is -0.277.